The number of sulfonamides is 1. The van der Waals surface area contributed by atoms with E-state index in [-0.39, 0.29) is 16.8 Å². The predicted molar refractivity (Wildman–Crippen MR) is 99.7 cm³/mol. The van der Waals surface area contributed by atoms with Crippen LogP contribution in [-0.4, -0.2) is 62.4 Å². The molecule has 1 atom stereocenters. The molecule has 1 aromatic rings. The van der Waals surface area contributed by atoms with Gasteiger partial charge in [-0.05, 0) is 43.4 Å². The first-order valence-electron chi connectivity index (χ1n) is 9.32. The largest absolute Gasteiger partial charge is 0.379 e. The van der Waals surface area contributed by atoms with Crippen molar-refractivity contribution in [2.24, 2.45) is 5.92 Å². The number of nitrogens with zero attached hydrogens (tertiary/aromatic N) is 2. The first-order chi connectivity index (χ1) is 12.3. The second-order valence-corrected chi connectivity index (χ2v) is 9.38. The van der Waals surface area contributed by atoms with Crippen molar-refractivity contribution in [3.05, 3.63) is 29.3 Å². The molecule has 0 saturated carbocycles. The molecule has 26 heavy (non-hydrogen) atoms. The summed E-state index contributed by atoms with van der Waals surface area (Å²) in [4.78, 5) is 15.2. The first-order valence-corrected chi connectivity index (χ1v) is 10.8. The molecule has 2 fully saturated rings. The first kappa shape index (κ1) is 19.3. The van der Waals surface area contributed by atoms with Crippen molar-refractivity contribution >= 4 is 15.9 Å². The highest BCUT2D eigenvalue weighted by molar-refractivity contribution is 7.89. The number of morpholine rings is 1. The van der Waals surface area contributed by atoms with E-state index in [0.29, 0.717) is 37.8 Å². The average Bonchev–Trinajstić information content (AvgIpc) is 3.12. The number of ether oxygens (including phenoxy) is 1. The number of amides is 1. The third kappa shape index (κ3) is 3.66. The second-order valence-electron chi connectivity index (χ2n) is 7.45. The van der Waals surface area contributed by atoms with Crippen molar-refractivity contribution in [2.75, 3.05) is 32.8 Å². The van der Waals surface area contributed by atoms with Gasteiger partial charge < -0.3 is 9.64 Å². The molecule has 2 saturated heterocycles. The Kier molecular flexibility index (Phi) is 5.69. The molecule has 2 heterocycles. The van der Waals surface area contributed by atoms with E-state index in [2.05, 4.69) is 13.8 Å². The third-order valence-electron chi connectivity index (χ3n) is 5.38. The number of benzene rings is 1. The Labute approximate surface area is 156 Å². The molecule has 1 amide bonds. The predicted octanol–water partition coefficient (Wildman–Crippen LogP) is 2.28. The van der Waals surface area contributed by atoms with Crippen LogP contribution >= 0.6 is 0 Å². The fourth-order valence-electron chi connectivity index (χ4n) is 3.82. The Bertz CT molecular complexity index is 770. The number of hydrogen-bond acceptors (Lipinski definition) is 4. The Morgan fingerprint density at radius 1 is 1.19 bits per heavy atom. The summed E-state index contributed by atoms with van der Waals surface area (Å²) in [5, 5.41) is 0. The highest BCUT2D eigenvalue weighted by atomic mass is 32.2. The number of aryl methyl sites for hydroxylation is 1. The van der Waals surface area contributed by atoms with Crippen molar-refractivity contribution in [1.82, 2.24) is 9.21 Å². The molecule has 7 heteroatoms. The van der Waals surface area contributed by atoms with Crippen LogP contribution in [0, 0.1) is 12.8 Å². The van der Waals surface area contributed by atoms with E-state index >= 15 is 0 Å². The van der Waals surface area contributed by atoms with Crippen molar-refractivity contribution in [2.45, 2.75) is 44.6 Å². The summed E-state index contributed by atoms with van der Waals surface area (Å²) < 4.78 is 32.5. The zero-order valence-electron chi connectivity index (χ0n) is 15.8. The van der Waals surface area contributed by atoms with E-state index in [9.17, 15) is 13.2 Å². The Morgan fingerprint density at radius 3 is 2.54 bits per heavy atom. The molecule has 6 nitrogen and oxygen atoms in total. The summed E-state index contributed by atoms with van der Waals surface area (Å²) in [6.45, 7) is 8.36. The summed E-state index contributed by atoms with van der Waals surface area (Å²) in [7, 11) is -3.61. The van der Waals surface area contributed by atoms with Gasteiger partial charge in [-0.15, -0.1) is 0 Å². The lowest BCUT2D eigenvalue weighted by molar-refractivity contribution is 0.0700. The van der Waals surface area contributed by atoms with Crippen LogP contribution in [0.2, 0.25) is 0 Å². The number of rotatable bonds is 4. The van der Waals surface area contributed by atoms with Gasteiger partial charge in [-0.3, -0.25) is 4.79 Å². The average molecular weight is 381 g/mol. The van der Waals surface area contributed by atoms with Crippen LogP contribution in [0.4, 0.5) is 0 Å². The minimum atomic E-state index is -3.61. The minimum Gasteiger partial charge on any atom is -0.379 e. The topological polar surface area (TPSA) is 66.9 Å². The Hall–Kier alpha value is -1.44. The summed E-state index contributed by atoms with van der Waals surface area (Å²) in [5.41, 5.74) is 1.30. The van der Waals surface area contributed by atoms with Crippen LogP contribution in [-0.2, 0) is 14.8 Å². The smallest absolute Gasteiger partial charge is 0.254 e. The number of carbonyl (C=O) groups is 1. The van der Waals surface area contributed by atoms with Crippen molar-refractivity contribution < 1.29 is 17.9 Å². The van der Waals surface area contributed by atoms with Gasteiger partial charge >= 0.3 is 0 Å². The van der Waals surface area contributed by atoms with Gasteiger partial charge in [-0.1, -0.05) is 19.9 Å². The summed E-state index contributed by atoms with van der Waals surface area (Å²) >= 11 is 0. The van der Waals surface area contributed by atoms with Crippen LogP contribution < -0.4 is 0 Å². The lowest BCUT2D eigenvalue weighted by atomic mass is 10.0. The number of hydrogen-bond donors (Lipinski definition) is 0. The number of carbonyl (C=O) groups excluding carboxylic acids is 1. The highest BCUT2D eigenvalue weighted by Crippen LogP contribution is 2.28. The van der Waals surface area contributed by atoms with Gasteiger partial charge in [0.1, 0.15) is 0 Å². The molecule has 0 radical (unpaired) electrons. The van der Waals surface area contributed by atoms with Crippen LogP contribution in [0.25, 0.3) is 0 Å². The maximum Gasteiger partial charge on any atom is 0.254 e. The zero-order chi connectivity index (χ0) is 18.9. The standard InChI is InChI=1S/C19H28N2O4S/c1-14(2)18-5-4-8-21(18)19(22)17-13-16(7-6-15(17)3)26(23,24)20-9-11-25-12-10-20/h6-7,13-14,18H,4-5,8-12H2,1-3H3. The van der Waals surface area contributed by atoms with Crippen molar-refractivity contribution in [3.63, 3.8) is 0 Å². The van der Waals surface area contributed by atoms with Gasteiger partial charge in [0.15, 0.2) is 0 Å². The van der Waals surface area contributed by atoms with E-state index < -0.39 is 10.0 Å². The fraction of sp³-hybridized carbons (Fsp3) is 0.632. The Morgan fingerprint density at radius 2 is 1.88 bits per heavy atom. The van der Waals surface area contributed by atoms with Gasteiger partial charge in [-0.2, -0.15) is 4.31 Å². The lowest BCUT2D eigenvalue weighted by Gasteiger charge is -2.29. The molecule has 2 aliphatic rings. The van der Waals surface area contributed by atoms with E-state index in [4.69, 9.17) is 4.74 Å². The van der Waals surface area contributed by atoms with Gasteiger partial charge in [0.05, 0.1) is 18.1 Å². The molecular weight excluding hydrogens is 352 g/mol. The van der Waals surface area contributed by atoms with Crippen LogP contribution in [0.1, 0.15) is 42.6 Å². The Balaban J connectivity index is 1.91. The van der Waals surface area contributed by atoms with Crippen molar-refractivity contribution in [1.29, 1.82) is 0 Å². The SMILES string of the molecule is Cc1ccc(S(=O)(=O)N2CCOCC2)cc1C(=O)N1CCCC1C(C)C. The van der Waals surface area contributed by atoms with Gasteiger partial charge in [0.2, 0.25) is 10.0 Å². The summed E-state index contributed by atoms with van der Waals surface area (Å²) in [6.07, 6.45) is 2.01. The summed E-state index contributed by atoms with van der Waals surface area (Å²) in [6, 6.07) is 5.11. The molecule has 0 aliphatic carbocycles. The molecule has 0 aromatic heterocycles. The van der Waals surface area contributed by atoms with Crippen LogP contribution in [0.5, 0.6) is 0 Å². The monoisotopic (exact) mass is 380 g/mol. The number of likely N-dealkylation sites (tertiary alicyclic amines) is 1. The maximum atomic E-state index is 13.1. The van der Waals surface area contributed by atoms with Gasteiger partial charge in [-0.25, -0.2) is 8.42 Å². The molecule has 2 aliphatic heterocycles. The summed E-state index contributed by atoms with van der Waals surface area (Å²) in [5.74, 6) is 0.333. The maximum absolute atomic E-state index is 13.1. The third-order valence-corrected chi connectivity index (χ3v) is 7.27. The fourth-order valence-corrected chi connectivity index (χ4v) is 5.26. The minimum absolute atomic E-state index is 0.0577. The van der Waals surface area contributed by atoms with Crippen LogP contribution in [0.3, 0.4) is 0 Å². The van der Waals surface area contributed by atoms with Gasteiger partial charge in [0.25, 0.3) is 5.91 Å². The van der Waals surface area contributed by atoms with E-state index in [0.717, 1.165) is 24.9 Å². The second kappa shape index (κ2) is 7.66. The van der Waals surface area contributed by atoms with E-state index in [1.807, 2.05) is 11.8 Å². The van der Waals surface area contributed by atoms with E-state index in [1.54, 1.807) is 18.2 Å². The molecule has 0 spiro atoms. The van der Waals surface area contributed by atoms with Gasteiger partial charge in [0, 0.05) is 31.2 Å². The molecular formula is C19H28N2O4S. The van der Waals surface area contributed by atoms with Crippen LogP contribution in [0.15, 0.2) is 23.1 Å². The molecule has 0 N–H and O–H groups in total. The molecule has 1 unspecified atom stereocenters. The molecule has 3 rings (SSSR count). The molecule has 0 bridgehead atoms. The van der Waals surface area contributed by atoms with Crippen molar-refractivity contribution in [3.8, 4) is 0 Å². The highest BCUT2D eigenvalue weighted by Gasteiger charge is 2.33. The zero-order valence-corrected chi connectivity index (χ0v) is 16.6. The normalized spacial score (nSPS) is 22.2. The molecule has 1 aromatic carbocycles. The van der Waals surface area contributed by atoms with E-state index in [1.165, 1.54) is 4.31 Å². The molecule has 144 valence electrons. The lowest BCUT2D eigenvalue weighted by Crippen LogP contribution is -2.41. The quantitative estimate of drug-likeness (QED) is 0.804.